The number of hydrogen-bond donors (Lipinski definition) is 1. The van der Waals surface area contributed by atoms with Gasteiger partial charge in [-0.25, -0.2) is 0 Å². The predicted octanol–water partition coefficient (Wildman–Crippen LogP) is 1.86. The van der Waals surface area contributed by atoms with E-state index in [-0.39, 0.29) is 17.6 Å². The molecular weight excluding hydrogens is 318 g/mol. The van der Waals surface area contributed by atoms with Crippen LogP contribution in [0.3, 0.4) is 0 Å². The summed E-state index contributed by atoms with van der Waals surface area (Å²) in [4.78, 5) is 25.6. The van der Waals surface area contributed by atoms with E-state index in [1.54, 1.807) is 11.0 Å². The second-order valence-electron chi connectivity index (χ2n) is 5.48. The summed E-state index contributed by atoms with van der Waals surface area (Å²) in [6.07, 6.45) is 1.63. The first-order valence-corrected chi connectivity index (χ1v) is 7.73. The van der Waals surface area contributed by atoms with Crippen molar-refractivity contribution in [2.75, 3.05) is 13.1 Å². The number of aromatic hydroxyl groups is 1. The zero-order chi connectivity index (χ0) is 16.6. The number of carbonyl (C=O) groups is 1. The van der Waals surface area contributed by atoms with Crippen molar-refractivity contribution >= 4 is 17.5 Å². The molecule has 1 amide bonds. The highest BCUT2D eigenvalue weighted by Gasteiger charge is 2.33. The van der Waals surface area contributed by atoms with Gasteiger partial charge in [0, 0.05) is 18.1 Å². The van der Waals surface area contributed by atoms with Crippen LogP contribution in [-0.4, -0.2) is 38.8 Å². The van der Waals surface area contributed by atoms with Crippen LogP contribution in [-0.2, 0) is 6.42 Å². The zero-order valence-corrected chi connectivity index (χ0v) is 13.3. The van der Waals surface area contributed by atoms with Crippen molar-refractivity contribution in [3.8, 4) is 5.75 Å². The minimum Gasteiger partial charge on any atom is -0.502 e. The molecule has 0 bridgehead atoms. The van der Waals surface area contributed by atoms with Crippen LogP contribution in [0.1, 0.15) is 29.0 Å². The number of carbonyl (C=O) groups excluding carboxylic acids is 1. The maximum atomic E-state index is 12.4. The van der Waals surface area contributed by atoms with Gasteiger partial charge in [-0.15, -0.1) is 0 Å². The third-order valence-electron chi connectivity index (χ3n) is 4.00. The molecule has 2 aromatic rings. The Bertz CT molecular complexity index is 818. The largest absolute Gasteiger partial charge is 0.502 e. The Morgan fingerprint density at radius 2 is 2.17 bits per heavy atom. The fourth-order valence-corrected chi connectivity index (χ4v) is 3.07. The maximum Gasteiger partial charge on any atom is 0.276 e. The van der Waals surface area contributed by atoms with Gasteiger partial charge in [-0.05, 0) is 31.0 Å². The summed E-state index contributed by atoms with van der Waals surface area (Å²) < 4.78 is 1.45. The minimum atomic E-state index is -0.649. The van der Waals surface area contributed by atoms with Crippen molar-refractivity contribution in [3.05, 3.63) is 57.0 Å². The van der Waals surface area contributed by atoms with Crippen molar-refractivity contribution in [1.82, 2.24) is 14.7 Å². The predicted molar refractivity (Wildman–Crippen MR) is 85.9 cm³/mol. The molecule has 0 radical (unpaired) electrons. The molecule has 1 aromatic carbocycles. The van der Waals surface area contributed by atoms with Crippen LogP contribution in [0, 0.1) is 0 Å². The smallest absolute Gasteiger partial charge is 0.276 e. The second-order valence-corrected chi connectivity index (χ2v) is 5.92. The molecule has 1 atom stereocenters. The van der Waals surface area contributed by atoms with E-state index in [1.165, 1.54) is 4.68 Å². The van der Waals surface area contributed by atoms with Crippen LogP contribution in [0.2, 0.25) is 5.02 Å². The topological polar surface area (TPSA) is 75.4 Å². The number of rotatable bonds is 3. The van der Waals surface area contributed by atoms with Gasteiger partial charge in [0.15, 0.2) is 11.4 Å². The van der Waals surface area contributed by atoms with Gasteiger partial charge in [-0.1, -0.05) is 23.7 Å². The number of benzene rings is 1. The maximum absolute atomic E-state index is 12.4. The third-order valence-corrected chi connectivity index (χ3v) is 4.23. The molecule has 0 saturated heterocycles. The molecule has 2 heterocycles. The van der Waals surface area contributed by atoms with E-state index < -0.39 is 11.2 Å². The van der Waals surface area contributed by atoms with Gasteiger partial charge in [0.05, 0.1) is 12.2 Å². The summed E-state index contributed by atoms with van der Waals surface area (Å²) in [5.41, 5.74) is 0.306. The highest BCUT2D eigenvalue weighted by Crippen LogP contribution is 2.27. The quantitative estimate of drug-likeness (QED) is 0.930. The van der Waals surface area contributed by atoms with Gasteiger partial charge in [-0.2, -0.15) is 5.10 Å². The number of fused-ring (bicyclic) bond motifs is 1. The van der Waals surface area contributed by atoms with Crippen LogP contribution < -0.4 is 5.43 Å². The molecule has 1 aliphatic rings. The van der Waals surface area contributed by atoms with E-state index in [9.17, 15) is 14.7 Å². The molecule has 7 heteroatoms. The van der Waals surface area contributed by atoms with Crippen molar-refractivity contribution in [1.29, 1.82) is 0 Å². The van der Waals surface area contributed by atoms with E-state index in [2.05, 4.69) is 5.10 Å². The molecule has 0 fully saturated rings. The average molecular weight is 334 g/mol. The summed E-state index contributed by atoms with van der Waals surface area (Å²) in [6.45, 7) is 2.81. The lowest BCUT2D eigenvalue weighted by atomic mass is 10.0. The summed E-state index contributed by atoms with van der Waals surface area (Å²) in [7, 11) is 0. The number of nitrogens with zero attached hydrogens (tertiary/aromatic N) is 3. The van der Waals surface area contributed by atoms with Crippen molar-refractivity contribution in [2.24, 2.45) is 0 Å². The van der Waals surface area contributed by atoms with E-state index in [0.717, 1.165) is 11.8 Å². The van der Waals surface area contributed by atoms with Gasteiger partial charge < -0.3 is 10.0 Å². The number of likely N-dealkylation sites (N-methyl/N-ethyl adjacent to an activating group) is 1. The molecule has 1 aliphatic heterocycles. The SMILES string of the molecule is CCN1CC(Cc2cccc(Cl)c2)n2ncc(=O)c(O)c2C1=O. The molecule has 0 aliphatic carbocycles. The fraction of sp³-hybridized carbons (Fsp3) is 0.312. The molecule has 3 rings (SSSR count). The average Bonchev–Trinajstić information content (AvgIpc) is 2.53. The first kappa shape index (κ1) is 15.6. The molecule has 0 saturated carbocycles. The van der Waals surface area contributed by atoms with Crippen LogP contribution in [0.4, 0.5) is 0 Å². The summed E-state index contributed by atoms with van der Waals surface area (Å²) in [5, 5.41) is 14.7. The first-order valence-electron chi connectivity index (χ1n) is 7.35. The molecule has 0 spiro atoms. The number of hydrogen-bond acceptors (Lipinski definition) is 4. The molecular formula is C16H16ClN3O3. The number of amides is 1. The number of aromatic nitrogens is 2. The molecule has 1 aromatic heterocycles. The summed E-state index contributed by atoms with van der Waals surface area (Å²) >= 11 is 6.02. The molecule has 6 nitrogen and oxygen atoms in total. The van der Waals surface area contributed by atoms with Gasteiger partial charge in [0.2, 0.25) is 5.43 Å². The lowest BCUT2D eigenvalue weighted by molar-refractivity contribution is 0.0656. The van der Waals surface area contributed by atoms with Gasteiger partial charge in [0.25, 0.3) is 5.91 Å². The zero-order valence-electron chi connectivity index (χ0n) is 12.6. The van der Waals surface area contributed by atoms with E-state index in [4.69, 9.17) is 11.6 Å². The standard InChI is InChI=1S/C16H16ClN3O3/c1-2-19-9-12(7-10-4-3-5-11(17)6-10)20-14(16(19)23)15(22)13(21)8-18-20/h3-6,8,12,22H,2,7,9H2,1H3. The minimum absolute atomic E-state index is 0.0439. The fourth-order valence-electron chi connectivity index (χ4n) is 2.86. The van der Waals surface area contributed by atoms with Crippen LogP contribution in [0.5, 0.6) is 5.75 Å². The van der Waals surface area contributed by atoms with Crippen molar-refractivity contribution < 1.29 is 9.90 Å². The van der Waals surface area contributed by atoms with Gasteiger partial charge >= 0.3 is 0 Å². The molecule has 23 heavy (non-hydrogen) atoms. The van der Waals surface area contributed by atoms with Gasteiger partial charge in [-0.3, -0.25) is 14.3 Å². The number of halogens is 1. The Morgan fingerprint density at radius 1 is 1.39 bits per heavy atom. The first-order chi connectivity index (χ1) is 11.0. The van der Waals surface area contributed by atoms with Gasteiger partial charge in [0.1, 0.15) is 0 Å². The Kier molecular flexibility index (Phi) is 4.09. The van der Waals surface area contributed by atoms with E-state index in [1.807, 2.05) is 25.1 Å². The normalized spacial score (nSPS) is 17.2. The monoisotopic (exact) mass is 333 g/mol. The second kappa shape index (κ2) is 6.04. The Labute approximate surface area is 137 Å². The van der Waals surface area contributed by atoms with Crippen molar-refractivity contribution in [3.63, 3.8) is 0 Å². The van der Waals surface area contributed by atoms with E-state index in [0.29, 0.717) is 24.5 Å². The van der Waals surface area contributed by atoms with Crippen LogP contribution in [0.15, 0.2) is 35.3 Å². The summed E-state index contributed by atoms with van der Waals surface area (Å²) in [5.74, 6) is -0.920. The summed E-state index contributed by atoms with van der Waals surface area (Å²) in [6, 6.07) is 7.28. The Morgan fingerprint density at radius 3 is 2.87 bits per heavy atom. The molecule has 120 valence electrons. The van der Waals surface area contributed by atoms with Crippen LogP contribution >= 0.6 is 11.6 Å². The lowest BCUT2D eigenvalue weighted by Gasteiger charge is -2.34. The Balaban J connectivity index is 2.05. The van der Waals surface area contributed by atoms with Crippen molar-refractivity contribution in [2.45, 2.75) is 19.4 Å². The lowest BCUT2D eigenvalue weighted by Crippen LogP contribution is -2.45. The Hall–Kier alpha value is -2.34. The highest BCUT2D eigenvalue weighted by molar-refractivity contribution is 6.30. The third kappa shape index (κ3) is 2.82. The van der Waals surface area contributed by atoms with E-state index >= 15 is 0 Å². The molecule has 1 N–H and O–H groups in total. The highest BCUT2D eigenvalue weighted by atomic mass is 35.5. The van der Waals surface area contributed by atoms with Crippen LogP contribution in [0.25, 0.3) is 0 Å². The molecule has 1 unspecified atom stereocenters.